The number of likely N-dealkylation sites (tertiary alicyclic amines) is 1. The SMILES string of the molecule is CCCN1CCC(NC(=NCc2ccc(CS(C)(=O)=O)cc2)NCC)CC1.I. The van der Waals surface area contributed by atoms with Crippen molar-refractivity contribution in [3.05, 3.63) is 35.4 Å². The predicted octanol–water partition coefficient (Wildman–Crippen LogP) is 2.78. The second-order valence-corrected chi connectivity index (χ2v) is 9.48. The van der Waals surface area contributed by atoms with Gasteiger partial charge in [0.1, 0.15) is 0 Å². The number of piperidine rings is 1. The maximum Gasteiger partial charge on any atom is 0.191 e. The Balaban J connectivity index is 0.00000392. The summed E-state index contributed by atoms with van der Waals surface area (Å²) < 4.78 is 22.8. The van der Waals surface area contributed by atoms with Gasteiger partial charge in [0.2, 0.25) is 0 Å². The van der Waals surface area contributed by atoms with Crippen LogP contribution >= 0.6 is 24.0 Å². The van der Waals surface area contributed by atoms with Gasteiger partial charge < -0.3 is 15.5 Å². The van der Waals surface area contributed by atoms with Crippen LogP contribution < -0.4 is 10.6 Å². The largest absolute Gasteiger partial charge is 0.357 e. The summed E-state index contributed by atoms with van der Waals surface area (Å²) in [5.74, 6) is 0.934. The molecule has 0 saturated carbocycles. The van der Waals surface area contributed by atoms with Crippen molar-refractivity contribution in [2.75, 3.05) is 32.4 Å². The van der Waals surface area contributed by atoms with Crippen LogP contribution in [0.2, 0.25) is 0 Å². The molecule has 1 aromatic rings. The second-order valence-electron chi connectivity index (χ2n) is 7.34. The van der Waals surface area contributed by atoms with Crippen molar-refractivity contribution in [3.63, 3.8) is 0 Å². The van der Waals surface area contributed by atoms with Gasteiger partial charge in [-0.25, -0.2) is 13.4 Å². The van der Waals surface area contributed by atoms with Gasteiger partial charge >= 0.3 is 0 Å². The van der Waals surface area contributed by atoms with Crippen molar-refractivity contribution in [1.82, 2.24) is 15.5 Å². The number of hydrogen-bond donors (Lipinski definition) is 2. The first-order chi connectivity index (χ1) is 12.9. The van der Waals surface area contributed by atoms with E-state index in [1.807, 2.05) is 24.3 Å². The molecule has 2 rings (SSSR count). The maximum absolute atomic E-state index is 11.4. The molecule has 1 saturated heterocycles. The summed E-state index contributed by atoms with van der Waals surface area (Å²) in [6.45, 7) is 9.18. The Hall–Kier alpha value is -0.870. The molecule has 0 unspecified atom stereocenters. The van der Waals surface area contributed by atoms with E-state index in [1.54, 1.807) is 0 Å². The fourth-order valence-corrected chi connectivity index (χ4v) is 4.14. The number of aliphatic imine (C=N–C) groups is 1. The number of rotatable bonds is 8. The molecule has 8 heteroatoms. The molecular weight excluding hydrogens is 487 g/mol. The fraction of sp³-hybridized carbons (Fsp3) is 0.650. The average Bonchev–Trinajstić information content (AvgIpc) is 2.62. The van der Waals surface area contributed by atoms with Crippen molar-refractivity contribution in [2.24, 2.45) is 4.99 Å². The summed E-state index contributed by atoms with van der Waals surface area (Å²) in [7, 11) is -3.00. The number of sulfone groups is 1. The van der Waals surface area contributed by atoms with Gasteiger partial charge in [0.15, 0.2) is 15.8 Å². The lowest BCUT2D eigenvalue weighted by Crippen LogP contribution is -2.48. The highest BCUT2D eigenvalue weighted by Gasteiger charge is 2.19. The summed E-state index contributed by atoms with van der Waals surface area (Å²) >= 11 is 0. The van der Waals surface area contributed by atoms with Crippen LogP contribution in [0.5, 0.6) is 0 Å². The molecule has 1 aliphatic rings. The molecule has 0 spiro atoms. The van der Waals surface area contributed by atoms with E-state index in [-0.39, 0.29) is 29.7 Å². The van der Waals surface area contributed by atoms with Gasteiger partial charge in [-0.3, -0.25) is 0 Å². The highest BCUT2D eigenvalue weighted by atomic mass is 127. The minimum atomic E-state index is -3.00. The molecule has 1 heterocycles. The van der Waals surface area contributed by atoms with Crippen LogP contribution in [-0.2, 0) is 22.1 Å². The van der Waals surface area contributed by atoms with Gasteiger partial charge in [-0.2, -0.15) is 0 Å². The van der Waals surface area contributed by atoms with Crippen LogP contribution in [0.1, 0.15) is 44.2 Å². The monoisotopic (exact) mass is 522 g/mol. The summed E-state index contributed by atoms with van der Waals surface area (Å²) in [5.41, 5.74) is 1.89. The zero-order valence-corrected chi connectivity index (χ0v) is 20.4. The highest BCUT2D eigenvalue weighted by Crippen LogP contribution is 2.11. The Morgan fingerprint density at radius 2 is 1.75 bits per heavy atom. The Kier molecular flexibility index (Phi) is 11.4. The zero-order valence-electron chi connectivity index (χ0n) is 17.3. The Bertz CT molecular complexity index is 699. The van der Waals surface area contributed by atoms with E-state index >= 15 is 0 Å². The molecule has 2 N–H and O–H groups in total. The molecule has 0 bridgehead atoms. The number of benzene rings is 1. The first kappa shape index (κ1) is 25.2. The van der Waals surface area contributed by atoms with E-state index in [4.69, 9.17) is 4.99 Å². The quantitative estimate of drug-likeness (QED) is 0.312. The topological polar surface area (TPSA) is 73.8 Å². The number of guanidine groups is 1. The standard InChI is InChI=1S/C20H34N4O2S.HI/c1-4-12-24-13-10-19(11-14-24)23-20(21-5-2)22-15-17-6-8-18(9-7-17)16-27(3,25)26;/h6-9,19H,4-5,10-16H2,1-3H3,(H2,21,22,23);1H. The molecule has 0 aromatic heterocycles. The predicted molar refractivity (Wildman–Crippen MR) is 128 cm³/mol. The third kappa shape index (κ3) is 9.56. The van der Waals surface area contributed by atoms with Crippen LogP contribution in [0.3, 0.4) is 0 Å². The van der Waals surface area contributed by atoms with Crippen LogP contribution in [0.25, 0.3) is 0 Å². The van der Waals surface area contributed by atoms with Crippen molar-refractivity contribution >= 4 is 39.8 Å². The molecule has 0 amide bonds. The number of nitrogens with one attached hydrogen (secondary N) is 2. The minimum Gasteiger partial charge on any atom is -0.357 e. The van der Waals surface area contributed by atoms with Gasteiger partial charge in [-0.15, -0.1) is 24.0 Å². The molecule has 0 radical (unpaired) electrons. The molecular formula is C20H35IN4O2S. The van der Waals surface area contributed by atoms with E-state index in [9.17, 15) is 8.42 Å². The molecule has 6 nitrogen and oxygen atoms in total. The summed E-state index contributed by atoms with van der Waals surface area (Å²) in [4.78, 5) is 7.23. The third-order valence-corrected chi connectivity index (χ3v) is 5.54. The first-order valence-electron chi connectivity index (χ1n) is 9.92. The molecule has 160 valence electrons. The van der Waals surface area contributed by atoms with E-state index in [1.165, 1.54) is 19.2 Å². The van der Waals surface area contributed by atoms with Crippen molar-refractivity contribution in [2.45, 2.75) is 51.4 Å². The smallest absolute Gasteiger partial charge is 0.191 e. The van der Waals surface area contributed by atoms with E-state index in [0.717, 1.165) is 49.6 Å². The zero-order chi connectivity index (χ0) is 19.7. The van der Waals surface area contributed by atoms with Crippen LogP contribution in [-0.4, -0.2) is 57.8 Å². The van der Waals surface area contributed by atoms with E-state index in [2.05, 4.69) is 29.4 Å². The Morgan fingerprint density at radius 1 is 1.14 bits per heavy atom. The Morgan fingerprint density at radius 3 is 2.29 bits per heavy atom. The molecule has 0 aliphatic carbocycles. The van der Waals surface area contributed by atoms with Gasteiger partial charge in [-0.05, 0) is 43.9 Å². The van der Waals surface area contributed by atoms with Crippen LogP contribution in [0.15, 0.2) is 29.3 Å². The summed E-state index contributed by atoms with van der Waals surface area (Å²) in [6.07, 6.45) is 4.76. The lowest BCUT2D eigenvalue weighted by molar-refractivity contribution is 0.206. The third-order valence-electron chi connectivity index (χ3n) is 4.68. The number of hydrogen-bond acceptors (Lipinski definition) is 4. The first-order valence-corrected chi connectivity index (χ1v) is 12.0. The van der Waals surface area contributed by atoms with E-state index < -0.39 is 9.84 Å². The van der Waals surface area contributed by atoms with Gasteiger partial charge in [0.25, 0.3) is 0 Å². The van der Waals surface area contributed by atoms with Gasteiger partial charge in [0.05, 0.1) is 12.3 Å². The summed E-state index contributed by atoms with van der Waals surface area (Å²) in [6, 6.07) is 8.12. The Labute approximate surface area is 187 Å². The average molecular weight is 522 g/mol. The highest BCUT2D eigenvalue weighted by molar-refractivity contribution is 14.0. The second kappa shape index (κ2) is 12.6. The molecule has 0 atom stereocenters. The molecule has 1 aromatic carbocycles. The summed E-state index contributed by atoms with van der Waals surface area (Å²) in [5, 5.41) is 6.89. The minimum absolute atomic E-state index is 0. The maximum atomic E-state index is 11.4. The fourth-order valence-electron chi connectivity index (χ4n) is 3.34. The molecule has 28 heavy (non-hydrogen) atoms. The van der Waals surface area contributed by atoms with Gasteiger partial charge in [0, 0.05) is 31.9 Å². The van der Waals surface area contributed by atoms with Gasteiger partial charge in [-0.1, -0.05) is 31.2 Å². The van der Waals surface area contributed by atoms with Crippen molar-refractivity contribution < 1.29 is 8.42 Å². The number of nitrogens with zero attached hydrogens (tertiary/aromatic N) is 2. The number of halogens is 1. The lowest BCUT2D eigenvalue weighted by Gasteiger charge is -2.32. The van der Waals surface area contributed by atoms with Crippen LogP contribution in [0, 0.1) is 0 Å². The molecule has 1 aliphatic heterocycles. The van der Waals surface area contributed by atoms with Crippen molar-refractivity contribution in [3.8, 4) is 0 Å². The van der Waals surface area contributed by atoms with E-state index in [0.29, 0.717) is 12.6 Å². The normalized spacial score (nSPS) is 16.5. The van der Waals surface area contributed by atoms with Crippen LogP contribution in [0.4, 0.5) is 0 Å². The lowest BCUT2D eigenvalue weighted by atomic mass is 10.1. The molecule has 1 fully saturated rings. The van der Waals surface area contributed by atoms with Crippen molar-refractivity contribution in [1.29, 1.82) is 0 Å².